The van der Waals surface area contributed by atoms with E-state index in [0.29, 0.717) is 31.2 Å². The minimum Gasteiger partial charge on any atom is -0.465 e. The Morgan fingerprint density at radius 1 is 0.962 bits per heavy atom. The number of primary amides is 1. The van der Waals surface area contributed by atoms with E-state index in [1.54, 1.807) is 36.4 Å². The Balaban J connectivity index is 0.000000260. The molecular formula is C16H14Cl4N2O4. The monoisotopic (exact) mass is 438 g/mol. The summed E-state index contributed by atoms with van der Waals surface area (Å²) in [6.45, 7) is 0.247. The van der Waals surface area contributed by atoms with Crippen LogP contribution in [0, 0.1) is 0 Å². The van der Waals surface area contributed by atoms with Crippen LogP contribution in [0.15, 0.2) is 36.4 Å². The SMILES string of the molecule is NC(=O)OCc1ccc(Cl)cc1Cl.O=C(O)NCc1ccc(Cl)cc1Cl. The van der Waals surface area contributed by atoms with Crippen molar-refractivity contribution in [1.29, 1.82) is 0 Å². The molecule has 2 aromatic carbocycles. The molecule has 140 valence electrons. The first-order valence-electron chi connectivity index (χ1n) is 6.96. The van der Waals surface area contributed by atoms with E-state index >= 15 is 0 Å². The lowest BCUT2D eigenvalue weighted by molar-refractivity contribution is 0.150. The fourth-order valence-corrected chi connectivity index (χ4v) is 2.56. The molecule has 26 heavy (non-hydrogen) atoms. The van der Waals surface area contributed by atoms with E-state index in [-0.39, 0.29) is 13.2 Å². The molecule has 2 aromatic rings. The van der Waals surface area contributed by atoms with E-state index in [9.17, 15) is 9.59 Å². The van der Waals surface area contributed by atoms with E-state index in [1.165, 1.54) is 0 Å². The predicted molar refractivity (Wildman–Crippen MR) is 102 cm³/mol. The number of carbonyl (C=O) groups is 2. The summed E-state index contributed by atoms with van der Waals surface area (Å²) in [4.78, 5) is 20.5. The van der Waals surface area contributed by atoms with Gasteiger partial charge >= 0.3 is 12.2 Å². The highest BCUT2D eigenvalue weighted by Gasteiger charge is 2.03. The van der Waals surface area contributed by atoms with Crippen molar-refractivity contribution in [3.05, 3.63) is 67.6 Å². The van der Waals surface area contributed by atoms with Crippen molar-refractivity contribution >= 4 is 58.6 Å². The number of rotatable bonds is 4. The maximum absolute atomic E-state index is 10.3. The zero-order valence-electron chi connectivity index (χ0n) is 13.1. The molecule has 0 saturated heterocycles. The topological polar surface area (TPSA) is 102 Å². The van der Waals surface area contributed by atoms with Gasteiger partial charge in [0.15, 0.2) is 0 Å². The minimum atomic E-state index is -1.08. The van der Waals surface area contributed by atoms with Gasteiger partial charge in [-0.3, -0.25) is 0 Å². The van der Waals surface area contributed by atoms with Crippen molar-refractivity contribution in [3.8, 4) is 0 Å². The molecule has 0 atom stereocenters. The van der Waals surface area contributed by atoms with Crippen LogP contribution >= 0.6 is 46.4 Å². The van der Waals surface area contributed by atoms with Gasteiger partial charge in [0.1, 0.15) is 6.61 Å². The first-order valence-corrected chi connectivity index (χ1v) is 8.47. The second-order valence-corrected chi connectivity index (χ2v) is 6.43. The molecule has 0 bridgehead atoms. The third-order valence-electron chi connectivity index (χ3n) is 2.83. The normalized spacial score (nSPS) is 9.69. The van der Waals surface area contributed by atoms with Gasteiger partial charge in [0.25, 0.3) is 0 Å². The van der Waals surface area contributed by atoms with Gasteiger partial charge in [0.05, 0.1) is 0 Å². The number of carboxylic acid groups (broad SMARTS) is 1. The molecule has 0 radical (unpaired) electrons. The summed E-state index contributed by atoms with van der Waals surface area (Å²) in [6, 6.07) is 9.82. The van der Waals surface area contributed by atoms with Crippen molar-refractivity contribution in [2.45, 2.75) is 13.2 Å². The zero-order chi connectivity index (χ0) is 19.7. The molecule has 0 spiro atoms. The first kappa shape index (κ1) is 22.2. The Morgan fingerprint density at radius 2 is 1.46 bits per heavy atom. The van der Waals surface area contributed by atoms with Gasteiger partial charge in [-0.15, -0.1) is 0 Å². The second-order valence-electron chi connectivity index (χ2n) is 4.74. The number of benzene rings is 2. The number of amides is 2. The van der Waals surface area contributed by atoms with E-state index < -0.39 is 12.2 Å². The van der Waals surface area contributed by atoms with E-state index in [2.05, 4.69) is 10.1 Å². The average Bonchev–Trinajstić information content (AvgIpc) is 2.53. The quantitative estimate of drug-likeness (QED) is 0.597. The van der Waals surface area contributed by atoms with Crippen LogP contribution in [-0.4, -0.2) is 17.3 Å². The smallest absolute Gasteiger partial charge is 0.404 e. The van der Waals surface area contributed by atoms with E-state index in [0.717, 1.165) is 0 Å². The standard InChI is InChI=1S/2C8H7Cl2NO2/c9-6-2-1-5(7(10)3-6)4-13-8(11)12;9-6-2-1-5(7(10)3-6)4-11-8(12)13/h1-3H,4H2,(H2,11,12);1-3,11H,4H2,(H,12,13). The molecular weight excluding hydrogens is 426 g/mol. The van der Waals surface area contributed by atoms with E-state index in [1.807, 2.05) is 0 Å². The highest BCUT2D eigenvalue weighted by molar-refractivity contribution is 6.35. The molecule has 0 unspecified atom stereocenters. The molecule has 2 amide bonds. The second kappa shape index (κ2) is 11.0. The molecule has 0 aliphatic rings. The Morgan fingerprint density at radius 3 is 1.88 bits per heavy atom. The molecule has 6 nitrogen and oxygen atoms in total. The summed E-state index contributed by atoms with van der Waals surface area (Å²) in [5.41, 5.74) is 6.16. The Hall–Kier alpha value is -1.86. The van der Waals surface area contributed by atoms with Crippen LogP contribution in [0.4, 0.5) is 9.59 Å². The summed E-state index contributed by atoms with van der Waals surface area (Å²) in [5.74, 6) is 0. The van der Waals surface area contributed by atoms with Gasteiger partial charge in [-0.05, 0) is 29.8 Å². The third-order valence-corrected chi connectivity index (χ3v) is 4.00. The fraction of sp³-hybridized carbons (Fsp3) is 0.125. The lowest BCUT2D eigenvalue weighted by Crippen LogP contribution is -2.20. The third kappa shape index (κ3) is 8.49. The van der Waals surface area contributed by atoms with Gasteiger partial charge in [-0.1, -0.05) is 58.5 Å². The molecule has 0 aromatic heterocycles. The van der Waals surface area contributed by atoms with Crippen LogP contribution in [0.1, 0.15) is 11.1 Å². The minimum absolute atomic E-state index is 0.0608. The highest BCUT2D eigenvalue weighted by Crippen LogP contribution is 2.21. The van der Waals surface area contributed by atoms with Crippen molar-refractivity contribution in [2.75, 3.05) is 0 Å². The molecule has 2 rings (SSSR count). The summed E-state index contributed by atoms with van der Waals surface area (Å²) in [7, 11) is 0. The number of hydrogen-bond donors (Lipinski definition) is 3. The van der Waals surface area contributed by atoms with Crippen LogP contribution in [0.5, 0.6) is 0 Å². The number of nitrogens with two attached hydrogens (primary N) is 1. The lowest BCUT2D eigenvalue weighted by atomic mass is 10.2. The number of halogens is 4. The van der Waals surface area contributed by atoms with Crippen molar-refractivity contribution in [3.63, 3.8) is 0 Å². The summed E-state index contributed by atoms with van der Waals surface area (Å²) in [6.07, 6.45) is -1.91. The number of nitrogens with one attached hydrogen (secondary N) is 1. The van der Waals surface area contributed by atoms with Crippen LogP contribution in [0.25, 0.3) is 0 Å². The summed E-state index contributed by atoms with van der Waals surface area (Å²) >= 11 is 22.9. The highest BCUT2D eigenvalue weighted by atomic mass is 35.5. The van der Waals surface area contributed by atoms with Gasteiger partial charge < -0.3 is 20.9 Å². The average molecular weight is 440 g/mol. The largest absolute Gasteiger partial charge is 0.465 e. The van der Waals surface area contributed by atoms with Gasteiger partial charge in [-0.25, -0.2) is 9.59 Å². The Labute approximate surface area is 169 Å². The van der Waals surface area contributed by atoms with E-state index in [4.69, 9.17) is 57.2 Å². The predicted octanol–water partition coefficient (Wildman–Crippen LogP) is 5.35. The maximum atomic E-state index is 10.3. The van der Waals surface area contributed by atoms with Crippen LogP contribution in [0.3, 0.4) is 0 Å². The van der Waals surface area contributed by atoms with Crippen LogP contribution < -0.4 is 11.1 Å². The van der Waals surface area contributed by atoms with Crippen LogP contribution in [0.2, 0.25) is 20.1 Å². The number of hydrogen-bond acceptors (Lipinski definition) is 3. The molecule has 0 aliphatic carbocycles. The van der Waals surface area contributed by atoms with Crippen molar-refractivity contribution in [1.82, 2.24) is 5.32 Å². The Kier molecular flexibility index (Phi) is 9.37. The zero-order valence-corrected chi connectivity index (χ0v) is 16.2. The van der Waals surface area contributed by atoms with Crippen molar-refractivity contribution < 1.29 is 19.4 Å². The molecule has 0 saturated carbocycles. The molecule has 10 heteroatoms. The van der Waals surface area contributed by atoms with Gasteiger partial charge in [0.2, 0.25) is 0 Å². The number of ether oxygens (including phenoxy) is 1. The summed E-state index contributed by atoms with van der Waals surface area (Å²) < 4.78 is 4.56. The van der Waals surface area contributed by atoms with Crippen molar-refractivity contribution in [2.24, 2.45) is 5.73 Å². The first-order chi connectivity index (χ1) is 12.2. The molecule has 4 N–H and O–H groups in total. The number of carbonyl (C=O) groups excluding carboxylic acids is 1. The molecule has 0 aliphatic heterocycles. The van der Waals surface area contributed by atoms with Gasteiger partial charge in [0, 0.05) is 32.2 Å². The lowest BCUT2D eigenvalue weighted by Gasteiger charge is -2.03. The van der Waals surface area contributed by atoms with Gasteiger partial charge in [-0.2, -0.15) is 0 Å². The van der Waals surface area contributed by atoms with Crippen LogP contribution in [-0.2, 0) is 17.9 Å². The Bertz CT molecular complexity index is 721. The fourth-order valence-electron chi connectivity index (χ4n) is 1.62. The maximum Gasteiger partial charge on any atom is 0.404 e. The molecule has 0 heterocycles. The molecule has 0 fully saturated rings. The summed E-state index contributed by atoms with van der Waals surface area (Å²) in [5, 5.41) is 12.5.